The van der Waals surface area contributed by atoms with Gasteiger partial charge in [0.25, 0.3) is 0 Å². The van der Waals surface area contributed by atoms with Gasteiger partial charge in [-0.15, -0.1) is 0 Å². The van der Waals surface area contributed by atoms with Gasteiger partial charge in [0, 0.05) is 12.4 Å². The predicted octanol–water partition coefficient (Wildman–Crippen LogP) is 1.53. The van der Waals surface area contributed by atoms with Gasteiger partial charge < -0.3 is 5.73 Å². The topological polar surface area (TPSA) is 38.4 Å². The molecule has 0 heterocycles. The largest absolute Gasteiger partial charge is 0.403 e. The Balaban J connectivity index is 4.01. The van der Waals surface area contributed by atoms with Crippen molar-refractivity contribution >= 4 is 6.21 Å². The highest BCUT2D eigenvalue weighted by Crippen LogP contribution is 2.07. The van der Waals surface area contributed by atoms with Crippen molar-refractivity contribution < 1.29 is 0 Å². The molecule has 0 unspecified atom stereocenters. The van der Waals surface area contributed by atoms with E-state index >= 15 is 0 Å². The van der Waals surface area contributed by atoms with E-state index in [1.807, 2.05) is 6.92 Å². The summed E-state index contributed by atoms with van der Waals surface area (Å²) in [5, 5.41) is 0. The van der Waals surface area contributed by atoms with Crippen LogP contribution in [0.15, 0.2) is 16.9 Å². The second-order valence-electron chi connectivity index (χ2n) is 2.13. The second kappa shape index (κ2) is 4.13. The lowest BCUT2D eigenvalue weighted by atomic mass is 10.1. The Kier molecular flexibility index (Phi) is 3.76. The molecule has 0 spiro atoms. The average Bonchev–Trinajstić information content (AvgIpc) is 1.82. The highest BCUT2D eigenvalue weighted by atomic mass is 14.8. The quantitative estimate of drug-likeness (QED) is 0.560. The molecule has 2 nitrogen and oxygen atoms in total. The van der Waals surface area contributed by atoms with E-state index in [0.717, 1.165) is 5.70 Å². The van der Waals surface area contributed by atoms with Crippen molar-refractivity contribution in [1.29, 1.82) is 0 Å². The van der Waals surface area contributed by atoms with Crippen LogP contribution in [-0.4, -0.2) is 6.21 Å². The molecule has 0 aromatic rings. The summed E-state index contributed by atoms with van der Waals surface area (Å²) in [7, 11) is 0. The normalized spacial score (nSPS) is 13.6. The van der Waals surface area contributed by atoms with Crippen molar-refractivity contribution in [2.24, 2.45) is 16.6 Å². The molecule has 52 valence electrons. The van der Waals surface area contributed by atoms with Gasteiger partial charge in [-0.1, -0.05) is 13.8 Å². The first kappa shape index (κ1) is 8.21. The fraction of sp³-hybridized carbons (Fsp3) is 0.571. The van der Waals surface area contributed by atoms with Crippen molar-refractivity contribution in [1.82, 2.24) is 0 Å². The zero-order valence-electron chi connectivity index (χ0n) is 6.26. The predicted molar refractivity (Wildman–Crippen MR) is 41.3 cm³/mol. The van der Waals surface area contributed by atoms with Gasteiger partial charge in [0.1, 0.15) is 0 Å². The van der Waals surface area contributed by atoms with Crippen molar-refractivity contribution in [3.63, 3.8) is 0 Å². The van der Waals surface area contributed by atoms with Crippen LogP contribution in [0.5, 0.6) is 0 Å². The fourth-order valence-corrected chi connectivity index (χ4v) is 0.534. The molecule has 0 saturated carbocycles. The molecule has 0 rings (SSSR count). The van der Waals surface area contributed by atoms with Crippen LogP contribution in [0.3, 0.4) is 0 Å². The minimum atomic E-state index is 0.422. The molecule has 9 heavy (non-hydrogen) atoms. The van der Waals surface area contributed by atoms with E-state index in [2.05, 4.69) is 18.8 Å². The number of rotatable bonds is 2. The van der Waals surface area contributed by atoms with E-state index < -0.39 is 0 Å². The van der Waals surface area contributed by atoms with E-state index in [4.69, 9.17) is 5.73 Å². The molecule has 0 fully saturated rings. The third kappa shape index (κ3) is 2.90. The summed E-state index contributed by atoms with van der Waals surface area (Å²) in [6.07, 6.45) is 3.30. The molecule has 0 aliphatic heterocycles. The van der Waals surface area contributed by atoms with Crippen LogP contribution < -0.4 is 5.73 Å². The van der Waals surface area contributed by atoms with Gasteiger partial charge in [0.05, 0.1) is 5.70 Å². The Labute approximate surface area is 56.5 Å². The van der Waals surface area contributed by atoms with E-state index in [1.165, 1.54) is 0 Å². The molecule has 0 aromatic carbocycles. The molecule has 0 bridgehead atoms. The maximum absolute atomic E-state index is 5.28. The lowest BCUT2D eigenvalue weighted by Gasteiger charge is -2.01. The number of hydrogen-bond donors (Lipinski definition) is 1. The number of nitrogens with two attached hydrogens (primary N) is 1. The van der Waals surface area contributed by atoms with Crippen molar-refractivity contribution in [3.05, 3.63) is 11.9 Å². The summed E-state index contributed by atoms with van der Waals surface area (Å²) in [6, 6.07) is 0. The Morgan fingerprint density at radius 2 is 2.11 bits per heavy atom. The Morgan fingerprint density at radius 3 is 2.22 bits per heavy atom. The molecule has 0 radical (unpaired) electrons. The van der Waals surface area contributed by atoms with Gasteiger partial charge in [0.2, 0.25) is 0 Å². The third-order valence-electron chi connectivity index (χ3n) is 1.04. The smallest absolute Gasteiger partial charge is 0.0579 e. The fourth-order valence-electron chi connectivity index (χ4n) is 0.534. The van der Waals surface area contributed by atoms with Crippen LogP contribution in [-0.2, 0) is 0 Å². The van der Waals surface area contributed by atoms with Crippen LogP contribution in [0.2, 0.25) is 0 Å². The summed E-state index contributed by atoms with van der Waals surface area (Å²) in [5.41, 5.74) is 6.23. The number of allylic oxidation sites excluding steroid dienone is 1. The number of nitrogens with zero attached hydrogens (tertiary/aromatic N) is 1. The molecule has 0 atom stereocenters. The van der Waals surface area contributed by atoms with Gasteiger partial charge in [-0.05, 0) is 12.8 Å². The van der Waals surface area contributed by atoms with E-state index in [-0.39, 0.29) is 0 Å². The molecule has 2 N–H and O–H groups in total. The van der Waals surface area contributed by atoms with Crippen LogP contribution in [0, 0.1) is 5.92 Å². The van der Waals surface area contributed by atoms with Crippen LogP contribution in [0.4, 0.5) is 0 Å². The molecular weight excluding hydrogens is 112 g/mol. The zero-order valence-corrected chi connectivity index (χ0v) is 6.26. The Morgan fingerprint density at radius 1 is 1.56 bits per heavy atom. The Hall–Kier alpha value is -0.790. The summed E-state index contributed by atoms with van der Waals surface area (Å²) >= 11 is 0. The number of hydrogen-bond acceptors (Lipinski definition) is 2. The van der Waals surface area contributed by atoms with E-state index in [9.17, 15) is 0 Å². The zero-order chi connectivity index (χ0) is 7.28. The molecule has 0 saturated heterocycles. The van der Waals surface area contributed by atoms with Gasteiger partial charge in [-0.25, -0.2) is 0 Å². The minimum absolute atomic E-state index is 0.422. The summed E-state index contributed by atoms with van der Waals surface area (Å²) < 4.78 is 0. The van der Waals surface area contributed by atoms with Crippen molar-refractivity contribution in [3.8, 4) is 0 Å². The Bertz CT molecular complexity index is 123. The number of aliphatic imine (C=N–C) groups is 1. The summed E-state index contributed by atoms with van der Waals surface area (Å²) in [4.78, 5) is 4.05. The minimum Gasteiger partial charge on any atom is -0.403 e. The molecule has 0 aromatic heterocycles. The molecule has 0 amide bonds. The molecular formula is C7H14N2. The van der Waals surface area contributed by atoms with E-state index in [0.29, 0.717) is 5.92 Å². The van der Waals surface area contributed by atoms with Crippen molar-refractivity contribution in [2.45, 2.75) is 20.8 Å². The first-order chi connectivity index (χ1) is 4.22. The molecule has 2 heteroatoms. The average molecular weight is 126 g/mol. The van der Waals surface area contributed by atoms with Crippen LogP contribution in [0.1, 0.15) is 20.8 Å². The summed E-state index contributed by atoms with van der Waals surface area (Å²) in [5.74, 6) is 0.422. The summed E-state index contributed by atoms with van der Waals surface area (Å²) in [6.45, 7) is 6.00. The molecule has 0 aliphatic rings. The van der Waals surface area contributed by atoms with Gasteiger partial charge in [0.15, 0.2) is 0 Å². The lowest BCUT2D eigenvalue weighted by molar-refractivity contribution is 0.755. The van der Waals surface area contributed by atoms with Crippen molar-refractivity contribution in [2.75, 3.05) is 0 Å². The second-order valence-corrected chi connectivity index (χ2v) is 2.13. The monoisotopic (exact) mass is 126 g/mol. The van der Waals surface area contributed by atoms with Gasteiger partial charge in [-0.2, -0.15) is 0 Å². The maximum atomic E-state index is 5.28. The lowest BCUT2D eigenvalue weighted by Crippen LogP contribution is -1.94. The SMILES string of the molecule is C/C=N\C(=C/N)C(C)C. The highest BCUT2D eigenvalue weighted by molar-refractivity contribution is 5.55. The third-order valence-corrected chi connectivity index (χ3v) is 1.04. The van der Waals surface area contributed by atoms with Gasteiger partial charge in [-0.3, -0.25) is 4.99 Å². The van der Waals surface area contributed by atoms with Gasteiger partial charge >= 0.3 is 0 Å². The first-order valence-electron chi connectivity index (χ1n) is 3.12. The molecule has 0 aliphatic carbocycles. The van der Waals surface area contributed by atoms with Crippen LogP contribution >= 0.6 is 0 Å². The van der Waals surface area contributed by atoms with E-state index in [1.54, 1.807) is 12.4 Å². The standard InChI is InChI=1S/C7H14N2/c1-4-9-7(5-8)6(2)3/h4-6H,8H2,1-3H3/b7-5-,9-4-. The maximum Gasteiger partial charge on any atom is 0.0579 e. The highest BCUT2D eigenvalue weighted by Gasteiger charge is 1.96. The van der Waals surface area contributed by atoms with Crippen LogP contribution in [0.25, 0.3) is 0 Å². The first-order valence-corrected chi connectivity index (χ1v) is 3.12.